The molecule has 16 heavy (non-hydrogen) atoms. The summed E-state index contributed by atoms with van der Waals surface area (Å²) < 4.78 is 0. The third-order valence-corrected chi connectivity index (χ3v) is 3.30. The van der Waals surface area contributed by atoms with Crippen LogP contribution >= 0.6 is 0 Å². The molecule has 2 N–H and O–H groups in total. The number of anilines is 2. The van der Waals surface area contributed by atoms with Gasteiger partial charge in [-0.15, -0.1) is 0 Å². The summed E-state index contributed by atoms with van der Waals surface area (Å²) >= 11 is 0. The summed E-state index contributed by atoms with van der Waals surface area (Å²) in [5.41, 5.74) is 7.79. The van der Waals surface area contributed by atoms with Crippen LogP contribution in [0.15, 0.2) is 12.1 Å². The monoisotopic (exact) mass is 220 g/mol. The second-order valence-electron chi connectivity index (χ2n) is 4.64. The average molecular weight is 220 g/mol. The number of aromatic nitrogens is 1. The van der Waals surface area contributed by atoms with Crippen LogP contribution in [0.25, 0.3) is 0 Å². The van der Waals surface area contributed by atoms with Crippen LogP contribution < -0.4 is 10.6 Å². The number of likely N-dealkylation sites (N-methyl/N-ethyl adjacent to an activating group) is 1. The van der Waals surface area contributed by atoms with Gasteiger partial charge in [-0.2, -0.15) is 0 Å². The third-order valence-electron chi connectivity index (χ3n) is 3.30. The summed E-state index contributed by atoms with van der Waals surface area (Å²) in [5.74, 6) is 0.944. The molecule has 0 radical (unpaired) electrons. The molecule has 4 heteroatoms. The van der Waals surface area contributed by atoms with Crippen molar-refractivity contribution in [3.05, 3.63) is 17.8 Å². The molecule has 2 heterocycles. The van der Waals surface area contributed by atoms with Gasteiger partial charge in [0.2, 0.25) is 0 Å². The van der Waals surface area contributed by atoms with Crippen LogP contribution in [0.3, 0.4) is 0 Å². The van der Waals surface area contributed by atoms with Gasteiger partial charge in [0.25, 0.3) is 0 Å². The molecule has 1 unspecified atom stereocenters. The quantitative estimate of drug-likeness (QED) is 0.770. The molecule has 2 rings (SSSR count). The van der Waals surface area contributed by atoms with Crippen molar-refractivity contribution in [3.63, 3.8) is 0 Å². The summed E-state index contributed by atoms with van der Waals surface area (Å²) in [7, 11) is 2.16. The molecular weight excluding hydrogens is 200 g/mol. The minimum atomic E-state index is 0.551. The normalized spacial score (nSPS) is 22.4. The summed E-state index contributed by atoms with van der Waals surface area (Å²) in [5, 5.41) is 0. The zero-order chi connectivity index (χ0) is 11.7. The standard InChI is InChI=1S/C12H20N4/c1-9-4-5-11(13)12(14-9)16-7-6-15(3)10(2)8-16/h4-5,10H,6-8,13H2,1-3H3. The summed E-state index contributed by atoms with van der Waals surface area (Å²) in [6, 6.07) is 4.45. The molecule has 1 fully saturated rings. The molecule has 1 aliphatic heterocycles. The molecule has 1 aromatic heterocycles. The van der Waals surface area contributed by atoms with E-state index in [1.807, 2.05) is 19.1 Å². The van der Waals surface area contributed by atoms with Gasteiger partial charge in [-0.1, -0.05) is 0 Å². The molecule has 0 bridgehead atoms. The van der Waals surface area contributed by atoms with Gasteiger partial charge >= 0.3 is 0 Å². The van der Waals surface area contributed by atoms with Crippen LogP contribution in [0, 0.1) is 6.92 Å². The molecule has 88 valence electrons. The molecule has 4 nitrogen and oxygen atoms in total. The maximum Gasteiger partial charge on any atom is 0.152 e. The third kappa shape index (κ3) is 2.11. The molecule has 1 saturated heterocycles. The maximum absolute atomic E-state index is 5.98. The molecule has 0 aliphatic carbocycles. The van der Waals surface area contributed by atoms with Crippen molar-refractivity contribution in [1.29, 1.82) is 0 Å². The van der Waals surface area contributed by atoms with Crippen molar-refractivity contribution < 1.29 is 0 Å². The highest BCUT2D eigenvalue weighted by Crippen LogP contribution is 2.23. The first-order valence-electron chi connectivity index (χ1n) is 5.76. The summed E-state index contributed by atoms with van der Waals surface area (Å²) in [6.07, 6.45) is 0. The van der Waals surface area contributed by atoms with E-state index >= 15 is 0 Å². The highest BCUT2D eigenvalue weighted by Gasteiger charge is 2.22. The fourth-order valence-electron chi connectivity index (χ4n) is 2.05. The molecule has 1 aliphatic rings. The van der Waals surface area contributed by atoms with E-state index in [4.69, 9.17) is 5.73 Å². The van der Waals surface area contributed by atoms with E-state index in [-0.39, 0.29) is 0 Å². The van der Waals surface area contributed by atoms with Crippen LogP contribution in [-0.2, 0) is 0 Å². The van der Waals surface area contributed by atoms with Crippen molar-refractivity contribution in [2.75, 3.05) is 37.3 Å². The Hall–Kier alpha value is -1.29. The van der Waals surface area contributed by atoms with E-state index in [2.05, 4.69) is 28.8 Å². The number of hydrogen-bond acceptors (Lipinski definition) is 4. The van der Waals surface area contributed by atoms with Gasteiger partial charge in [0.15, 0.2) is 5.82 Å². The molecule has 1 aromatic rings. The Morgan fingerprint density at radius 3 is 2.81 bits per heavy atom. The molecule has 1 atom stereocenters. The van der Waals surface area contributed by atoms with E-state index in [9.17, 15) is 0 Å². The van der Waals surface area contributed by atoms with Crippen molar-refractivity contribution in [3.8, 4) is 0 Å². The molecule has 0 spiro atoms. The van der Waals surface area contributed by atoms with E-state index in [0.29, 0.717) is 6.04 Å². The highest BCUT2D eigenvalue weighted by molar-refractivity contribution is 5.63. The maximum atomic E-state index is 5.98. The van der Waals surface area contributed by atoms with E-state index in [1.54, 1.807) is 0 Å². The minimum Gasteiger partial charge on any atom is -0.396 e. The van der Waals surface area contributed by atoms with Gasteiger partial charge in [-0.25, -0.2) is 4.98 Å². The molecule has 0 saturated carbocycles. The minimum absolute atomic E-state index is 0.551. The first kappa shape index (κ1) is 11.2. The number of nitrogen functional groups attached to an aromatic ring is 1. The number of hydrogen-bond donors (Lipinski definition) is 1. The van der Waals surface area contributed by atoms with Crippen molar-refractivity contribution in [2.24, 2.45) is 0 Å². The number of nitrogens with two attached hydrogens (primary N) is 1. The first-order valence-corrected chi connectivity index (χ1v) is 5.76. The molecule has 0 amide bonds. The van der Waals surface area contributed by atoms with Crippen LogP contribution in [-0.4, -0.2) is 42.6 Å². The molecule has 0 aromatic carbocycles. The second-order valence-corrected chi connectivity index (χ2v) is 4.64. The van der Waals surface area contributed by atoms with Crippen LogP contribution in [0.5, 0.6) is 0 Å². The fraction of sp³-hybridized carbons (Fsp3) is 0.583. The van der Waals surface area contributed by atoms with E-state index < -0.39 is 0 Å². The predicted molar refractivity (Wildman–Crippen MR) is 67.7 cm³/mol. The van der Waals surface area contributed by atoms with Gasteiger partial charge in [0.1, 0.15) is 0 Å². The first-order chi connectivity index (χ1) is 7.58. The van der Waals surface area contributed by atoms with Gasteiger partial charge in [-0.3, -0.25) is 0 Å². The van der Waals surface area contributed by atoms with E-state index in [0.717, 1.165) is 36.8 Å². The highest BCUT2D eigenvalue weighted by atomic mass is 15.3. The number of aryl methyl sites for hydroxylation is 1. The second kappa shape index (κ2) is 4.29. The number of piperazine rings is 1. The largest absolute Gasteiger partial charge is 0.396 e. The van der Waals surface area contributed by atoms with Crippen molar-refractivity contribution in [2.45, 2.75) is 19.9 Å². The lowest BCUT2D eigenvalue weighted by atomic mass is 10.2. The Kier molecular flexibility index (Phi) is 3.01. The Labute approximate surface area is 97.1 Å². The molecular formula is C12H20N4. The van der Waals surface area contributed by atoms with Crippen LogP contribution in [0.4, 0.5) is 11.5 Å². The van der Waals surface area contributed by atoms with Crippen LogP contribution in [0.2, 0.25) is 0 Å². The lowest BCUT2D eigenvalue weighted by Crippen LogP contribution is -2.50. The summed E-state index contributed by atoms with van der Waals surface area (Å²) in [4.78, 5) is 9.19. The average Bonchev–Trinajstić information content (AvgIpc) is 2.26. The van der Waals surface area contributed by atoms with Crippen molar-refractivity contribution >= 4 is 11.5 Å². The zero-order valence-corrected chi connectivity index (χ0v) is 10.3. The SMILES string of the molecule is Cc1ccc(N)c(N2CCN(C)C(C)C2)n1. The van der Waals surface area contributed by atoms with Gasteiger partial charge < -0.3 is 15.5 Å². The Morgan fingerprint density at radius 2 is 2.12 bits per heavy atom. The number of rotatable bonds is 1. The Morgan fingerprint density at radius 1 is 1.38 bits per heavy atom. The van der Waals surface area contributed by atoms with Gasteiger partial charge in [-0.05, 0) is 33.0 Å². The van der Waals surface area contributed by atoms with Gasteiger partial charge in [0, 0.05) is 31.4 Å². The van der Waals surface area contributed by atoms with Crippen molar-refractivity contribution in [1.82, 2.24) is 9.88 Å². The topological polar surface area (TPSA) is 45.4 Å². The summed E-state index contributed by atoms with van der Waals surface area (Å²) in [6.45, 7) is 7.30. The van der Waals surface area contributed by atoms with E-state index in [1.165, 1.54) is 0 Å². The lowest BCUT2D eigenvalue weighted by molar-refractivity contribution is 0.233. The number of nitrogens with zero attached hydrogens (tertiary/aromatic N) is 3. The lowest BCUT2D eigenvalue weighted by Gasteiger charge is -2.38. The Bertz CT molecular complexity index is 377. The zero-order valence-electron chi connectivity index (χ0n) is 10.3. The van der Waals surface area contributed by atoms with Crippen LogP contribution in [0.1, 0.15) is 12.6 Å². The fourth-order valence-corrected chi connectivity index (χ4v) is 2.05. The predicted octanol–water partition coefficient (Wildman–Crippen LogP) is 1.11. The smallest absolute Gasteiger partial charge is 0.152 e. The Balaban J connectivity index is 2.21. The number of pyridine rings is 1. The van der Waals surface area contributed by atoms with Gasteiger partial charge in [0.05, 0.1) is 5.69 Å².